The summed E-state index contributed by atoms with van der Waals surface area (Å²) in [4.78, 5) is 25.3. The molecule has 0 bridgehead atoms. The lowest BCUT2D eigenvalue weighted by atomic mass is 10.1. The van der Waals surface area contributed by atoms with E-state index in [0.717, 1.165) is 18.4 Å². The van der Waals surface area contributed by atoms with E-state index in [9.17, 15) is 14.9 Å². The SMILES string of the molecule is O=C(CCc1ccc2c(c1)OCO2)N(CC1CC1)c1ccc(Cl)c([N+](=O)[O-])c1. The van der Waals surface area contributed by atoms with Gasteiger partial charge in [-0.05, 0) is 55.0 Å². The number of nitro groups is 1. The van der Waals surface area contributed by atoms with Crippen LogP contribution in [0, 0.1) is 16.0 Å². The highest BCUT2D eigenvalue weighted by Crippen LogP contribution is 2.35. The largest absolute Gasteiger partial charge is 0.454 e. The summed E-state index contributed by atoms with van der Waals surface area (Å²) in [7, 11) is 0. The highest BCUT2D eigenvalue weighted by molar-refractivity contribution is 6.32. The number of hydrogen-bond acceptors (Lipinski definition) is 5. The number of rotatable bonds is 7. The maximum atomic E-state index is 12.9. The Balaban J connectivity index is 1.50. The van der Waals surface area contributed by atoms with Gasteiger partial charge in [0.05, 0.1) is 10.6 Å². The number of carbonyl (C=O) groups excluding carboxylic acids is 1. The van der Waals surface area contributed by atoms with Gasteiger partial charge in [-0.2, -0.15) is 0 Å². The van der Waals surface area contributed by atoms with Crippen molar-refractivity contribution in [3.8, 4) is 11.5 Å². The Bertz CT molecular complexity index is 929. The number of ether oxygens (including phenoxy) is 2. The quantitative estimate of drug-likeness (QED) is 0.508. The molecule has 146 valence electrons. The molecule has 8 heteroatoms. The minimum Gasteiger partial charge on any atom is -0.454 e. The van der Waals surface area contributed by atoms with Crippen LogP contribution in [0.25, 0.3) is 0 Å². The van der Waals surface area contributed by atoms with Crippen molar-refractivity contribution < 1.29 is 19.2 Å². The fraction of sp³-hybridized carbons (Fsp3) is 0.350. The first-order valence-corrected chi connectivity index (χ1v) is 9.52. The second kappa shape index (κ2) is 7.67. The molecule has 1 fully saturated rings. The molecule has 1 aliphatic carbocycles. The van der Waals surface area contributed by atoms with E-state index < -0.39 is 4.92 Å². The molecule has 2 aromatic rings. The lowest BCUT2D eigenvalue weighted by Crippen LogP contribution is -2.33. The van der Waals surface area contributed by atoms with Gasteiger partial charge in [0.1, 0.15) is 5.02 Å². The average molecular weight is 403 g/mol. The van der Waals surface area contributed by atoms with E-state index in [1.807, 2.05) is 18.2 Å². The predicted octanol–water partition coefficient (Wildman–Crippen LogP) is 4.35. The lowest BCUT2D eigenvalue weighted by Gasteiger charge is -2.23. The van der Waals surface area contributed by atoms with Crippen LogP contribution in [0.2, 0.25) is 5.02 Å². The molecule has 0 unspecified atom stereocenters. The van der Waals surface area contributed by atoms with Crippen molar-refractivity contribution in [1.29, 1.82) is 0 Å². The predicted molar refractivity (Wildman–Crippen MR) is 104 cm³/mol. The summed E-state index contributed by atoms with van der Waals surface area (Å²) in [5.41, 5.74) is 1.30. The van der Waals surface area contributed by atoms with Gasteiger partial charge < -0.3 is 14.4 Å². The Labute approximate surface area is 167 Å². The first kappa shape index (κ1) is 18.6. The van der Waals surface area contributed by atoms with Crippen LogP contribution in [-0.4, -0.2) is 24.2 Å². The van der Waals surface area contributed by atoms with Crippen molar-refractivity contribution in [2.45, 2.75) is 25.7 Å². The molecule has 2 aromatic carbocycles. The summed E-state index contributed by atoms with van der Waals surface area (Å²) in [6, 6.07) is 10.2. The minimum atomic E-state index is -0.530. The van der Waals surface area contributed by atoms with E-state index >= 15 is 0 Å². The Kier molecular flexibility index (Phi) is 5.09. The average Bonchev–Trinajstić information content (AvgIpc) is 3.38. The lowest BCUT2D eigenvalue weighted by molar-refractivity contribution is -0.384. The Morgan fingerprint density at radius 3 is 2.71 bits per heavy atom. The van der Waals surface area contributed by atoms with Gasteiger partial charge in [-0.3, -0.25) is 14.9 Å². The Hall–Kier alpha value is -2.80. The van der Waals surface area contributed by atoms with Crippen LogP contribution in [0.3, 0.4) is 0 Å². The van der Waals surface area contributed by atoms with Crippen LogP contribution in [0.5, 0.6) is 11.5 Å². The highest BCUT2D eigenvalue weighted by atomic mass is 35.5. The fourth-order valence-electron chi connectivity index (χ4n) is 3.20. The van der Waals surface area contributed by atoms with Crippen LogP contribution in [0.1, 0.15) is 24.8 Å². The number of hydrogen-bond donors (Lipinski definition) is 0. The van der Waals surface area contributed by atoms with Gasteiger partial charge >= 0.3 is 0 Å². The first-order chi connectivity index (χ1) is 13.5. The van der Waals surface area contributed by atoms with Crippen LogP contribution < -0.4 is 14.4 Å². The van der Waals surface area contributed by atoms with Crippen molar-refractivity contribution in [3.63, 3.8) is 0 Å². The Morgan fingerprint density at radius 2 is 1.96 bits per heavy atom. The van der Waals surface area contributed by atoms with Crippen molar-refractivity contribution in [2.75, 3.05) is 18.2 Å². The van der Waals surface area contributed by atoms with Gasteiger partial charge in [0.25, 0.3) is 5.69 Å². The molecule has 2 aliphatic rings. The molecule has 0 aromatic heterocycles. The van der Waals surface area contributed by atoms with E-state index in [0.29, 0.717) is 42.5 Å². The molecule has 1 heterocycles. The van der Waals surface area contributed by atoms with Gasteiger partial charge in [0.15, 0.2) is 11.5 Å². The summed E-state index contributed by atoms with van der Waals surface area (Å²) < 4.78 is 10.7. The van der Waals surface area contributed by atoms with E-state index in [1.165, 1.54) is 12.1 Å². The van der Waals surface area contributed by atoms with Crippen molar-refractivity contribution in [1.82, 2.24) is 0 Å². The zero-order valence-electron chi connectivity index (χ0n) is 15.1. The van der Waals surface area contributed by atoms with Gasteiger partial charge in [-0.15, -0.1) is 0 Å². The highest BCUT2D eigenvalue weighted by Gasteiger charge is 2.29. The number of amides is 1. The number of benzene rings is 2. The molecule has 1 aliphatic heterocycles. The molecule has 1 amide bonds. The molecule has 7 nitrogen and oxygen atoms in total. The summed E-state index contributed by atoms with van der Waals surface area (Å²) in [6.45, 7) is 0.779. The smallest absolute Gasteiger partial charge is 0.289 e. The van der Waals surface area contributed by atoms with E-state index in [2.05, 4.69) is 0 Å². The summed E-state index contributed by atoms with van der Waals surface area (Å²) in [5, 5.41) is 11.3. The summed E-state index contributed by atoms with van der Waals surface area (Å²) in [5.74, 6) is 1.78. The Morgan fingerprint density at radius 1 is 1.18 bits per heavy atom. The second-order valence-corrected chi connectivity index (χ2v) is 7.44. The maximum Gasteiger partial charge on any atom is 0.289 e. The zero-order valence-corrected chi connectivity index (χ0v) is 15.9. The van der Waals surface area contributed by atoms with Crippen molar-refractivity contribution >= 4 is 28.9 Å². The molecule has 4 rings (SSSR count). The third kappa shape index (κ3) is 4.04. The molecular weight excluding hydrogens is 384 g/mol. The minimum absolute atomic E-state index is 0.0629. The summed E-state index contributed by atoms with van der Waals surface area (Å²) >= 11 is 5.91. The number of halogens is 1. The monoisotopic (exact) mass is 402 g/mol. The zero-order chi connectivity index (χ0) is 19.7. The standard InChI is InChI=1S/C20H19ClN2O5/c21-16-6-5-15(10-17(16)23(25)26)22(11-14-1-2-14)20(24)8-4-13-3-7-18-19(9-13)28-12-27-18/h3,5-7,9-10,14H,1-2,4,8,11-12H2. The first-order valence-electron chi connectivity index (χ1n) is 9.14. The van der Waals surface area contributed by atoms with Crippen LogP contribution >= 0.6 is 11.6 Å². The van der Waals surface area contributed by atoms with Gasteiger partial charge in [-0.25, -0.2) is 0 Å². The molecule has 28 heavy (non-hydrogen) atoms. The van der Waals surface area contributed by atoms with Gasteiger partial charge in [-0.1, -0.05) is 17.7 Å². The normalized spacial score (nSPS) is 14.8. The number of carbonyl (C=O) groups is 1. The van der Waals surface area contributed by atoms with Crippen molar-refractivity contribution in [3.05, 3.63) is 57.1 Å². The number of aryl methyl sites for hydroxylation is 1. The van der Waals surface area contributed by atoms with E-state index in [4.69, 9.17) is 21.1 Å². The van der Waals surface area contributed by atoms with Gasteiger partial charge in [0.2, 0.25) is 12.7 Å². The molecule has 0 atom stereocenters. The second-order valence-electron chi connectivity index (χ2n) is 7.03. The molecule has 0 radical (unpaired) electrons. The van der Waals surface area contributed by atoms with Gasteiger partial charge in [0, 0.05) is 19.0 Å². The fourth-order valence-corrected chi connectivity index (χ4v) is 3.39. The summed E-state index contributed by atoms with van der Waals surface area (Å²) in [6.07, 6.45) is 2.98. The van der Waals surface area contributed by atoms with Crippen molar-refractivity contribution in [2.24, 2.45) is 5.92 Å². The molecule has 0 spiro atoms. The van der Waals surface area contributed by atoms with E-state index in [1.54, 1.807) is 11.0 Å². The third-order valence-electron chi connectivity index (χ3n) is 4.94. The number of anilines is 1. The van der Waals surface area contributed by atoms with E-state index in [-0.39, 0.29) is 23.4 Å². The molecule has 1 saturated carbocycles. The maximum absolute atomic E-state index is 12.9. The van der Waals surface area contributed by atoms with Crippen LogP contribution in [0.15, 0.2) is 36.4 Å². The van der Waals surface area contributed by atoms with Crippen LogP contribution in [-0.2, 0) is 11.2 Å². The third-order valence-corrected chi connectivity index (χ3v) is 5.26. The number of nitro benzene ring substituents is 1. The van der Waals surface area contributed by atoms with Crippen LogP contribution in [0.4, 0.5) is 11.4 Å². The molecular formula is C20H19ClN2O5. The molecule has 0 saturated heterocycles. The number of fused-ring (bicyclic) bond motifs is 1. The topological polar surface area (TPSA) is 81.9 Å². The number of nitrogens with zero attached hydrogens (tertiary/aromatic N) is 2. The molecule has 0 N–H and O–H groups in total.